The van der Waals surface area contributed by atoms with Gasteiger partial charge in [0.15, 0.2) is 5.69 Å². The minimum absolute atomic E-state index is 0.0309. The van der Waals surface area contributed by atoms with Crippen LogP contribution in [0, 0.1) is 0 Å². The molecule has 0 aliphatic carbocycles. The van der Waals surface area contributed by atoms with Gasteiger partial charge in [0.25, 0.3) is 0 Å². The molecular formula is C12H13F3N4S. The Kier molecular flexibility index (Phi) is 4.56. The van der Waals surface area contributed by atoms with Gasteiger partial charge in [-0.25, -0.2) is 9.97 Å². The van der Waals surface area contributed by atoms with Gasteiger partial charge >= 0.3 is 6.18 Å². The van der Waals surface area contributed by atoms with Crippen molar-refractivity contribution < 1.29 is 13.2 Å². The van der Waals surface area contributed by atoms with Gasteiger partial charge in [-0.2, -0.15) is 13.2 Å². The summed E-state index contributed by atoms with van der Waals surface area (Å²) in [4.78, 5) is 8.28. The first-order valence-electron chi connectivity index (χ1n) is 5.95. The van der Waals surface area contributed by atoms with Gasteiger partial charge in [0.05, 0.1) is 10.6 Å². The molecule has 2 aromatic heterocycles. The maximum absolute atomic E-state index is 12.8. The summed E-state index contributed by atoms with van der Waals surface area (Å²) in [7, 11) is 0. The van der Waals surface area contributed by atoms with Crippen molar-refractivity contribution in [1.29, 1.82) is 0 Å². The lowest BCUT2D eigenvalue weighted by Crippen LogP contribution is -2.14. The zero-order valence-corrected chi connectivity index (χ0v) is 11.3. The molecule has 0 saturated carbocycles. The van der Waals surface area contributed by atoms with E-state index >= 15 is 0 Å². The second-order valence-corrected chi connectivity index (χ2v) is 4.95. The standard InChI is InChI=1S/C12H13F3N4S/c13-12(14,15)10-7-8(9-3-1-6-20-9)18-11(19-10)17-5-2-4-16/h1,3,6-7H,2,4-5,16H2,(H,17,18,19). The molecule has 0 spiro atoms. The van der Waals surface area contributed by atoms with E-state index in [0.717, 1.165) is 6.07 Å². The molecule has 0 aromatic carbocycles. The maximum atomic E-state index is 12.8. The van der Waals surface area contributed by atoms with E-state index in [9.17, 15) is 13.2 Å². The first kappa shape index (κ1) is 14.7. The molecular weight excluding hydrogens is 289 g/mol. The van der Waals surface area contributed by atoms with Gasteiger partial charge in [0.1, 0.15) is 0 Å². The van der Waals surface area contributed by atoms with Crippen molar-refractivity contribution in [3.05, 3.63) is 29.3 Å². The van der Waals surface area contributed by atoms with Crippen molar-refractivity contribution in [1.82, 2.24) is 9.97 Å². The van der Waals surface area contributed by atoms with Crippen LogP contribution in [-0.4, -0.2) is 23.1 Å². The van der Waals surface area contributed by atoms with Crippen LogP contribution in [0.2, 0.25) is 0 Å². The van der Waals surface area contributed by atoms with Crippen molar-refractivity contribution in [3.63, 3.8) is 0 Å². The Morgan fingerprint density at radius 2 is 2.10 bits per heavy atom. The van der Waals surface area contributed by atoms with Gasteiger partial charge in [-0.1, -0.05) is 6.07 Å². The average Bonchev–Trinajstić information content (AvgIpc) is 2.91. The fourth-order valence-electron chi connectivity index (χ4n) is 1.52. The molecule has 3 N–H and O–H groups in total. The second-order valence-electron chi connectivity index (χ2n) is 4.01. The topological polar surface area (TPSA) is 63.8 Å². The highest BCUT2D eigenvalue weighted by Gasteiger charge is 2.33. The average molecular weight is 302 g/mol. The molecule has 0 atom stereocenters. The van der Waals surface area contributed by atoms with E-state index < -0.39 is 11.9 Å². The minimum atomic E-state index is -4.50. The molecule has 0 aliphatic heterocycles. The lowest BCUT2D eigenvalue weighted by molar-refractivity contribution is -0.141. The van der Waals surface area contributed by atoms with Gasteiger partial charge in [0, 0.05) is 6.54 Å². The van der Waals surface area contributed by atoms with Crippen LogP contribution in [0.1, 0.15) is 12.1 Å². The third-order valence-electron chi connectivity index (χ3n) is 2.45. The quantitative estimate of drug-likeness (QED) is 0.833. The molecule has 0 unspecified atom stereocenters. The van der Waals surface area contributed by atoms with Crippen molar-refractivity contribution in [2.24, 2.45) is 5.73 Å². The van der Waals surface area contributed by atoms with E-state index in [1.807, 2.05) is 0 Å². The van der Waals surface area contributed by atoms with E-state index in [1.54, 1.807) is 17.5 Å². The molecule has 0 saturated heterocycles. The number of hydrogen-bond acceptors (Lipinski definition) is 5. The number of nitrogens with one attached hydrogen (secondary N) is 1. The van der Waals surface area contributed by atoms with Crippen molar-refractivity contribution >= 4 is 17.3 Å². The molecule has 2 rings (SSSR count). The molecule has 0 fully saturated rings. The van der Waals surface area contributed by atoms with Crippen LogP contribution in [-0.2, 0) is 6.18 Å². The number of halogens is 3. The maximum Gasteiger partial charge on any atom is 0.433 e. The number of alkyl halides is 3. The summed E-state index contributed by atoms with van der Waals surface area (Å²) in [5.74, 6) is -0.0309. The largest absolute Gasteiger partial charge is 0.433 e. The molecule has 0 amide bonds. The van der Waals surface area contributed by atoms with Crippen molar-refractivity contribution in [2.75, 3.05) is 18.4 Å². The monoisotopic (exact) mass is 302 g/mol. The Morgan fingerprint density at radius 1 is 1.30 bits per heavy atom. The lowest BCUT2D eigenvalue weighted by atomic mass is 10.3. The highest BCUT2D eigenvalue weighted by atomic mass is 32.1. The van der Waals surface area contributed by atoms with Crippen LogP contribution in [0.5, 0.6) is 0 Å². The Labute approximate surface area is 117 Å². The van der Waals surface area contributed by atoms with E-state index in [4.69, 9.17) is 5.73 Å². The Bertz CT molecular complexity index is 554. The van der Waals surface area contributed by atoms with Gasteiger partial charge < -0.3 is 11.1 Å². The van der Waals surface area contributed by atoms with Crippen LogP contribution in [0.4, 0.5) is 19.1 Å². The second kappa shape index (κ2) is 6.19. The zero-order valence-electron chi connectivity index (χ0n) is 10.4. The Hall–Kier alpha value is -1.67. The predicted molar refractivity (Wildman–Crippen MR) is 72.5 cm³/mol. The molecule has 20 heavy (non-hydrogen) atoms. The smallest absolute Gasteiger partial charge is 0.354 e. The molecule has 8 heteroatoms. The third-order valence-corrected chi connectivity index (χ3v) is 3.35. The molecule has 0 bridgehead atoms. The molecule has 108 valence electrons. The Morgan fingerprint density at radius 3 is 2.70 bits per heavy atom. The summed E-state index contributed by atoms with van der Waals surface area (Å²) >= 11 is 1.33. The van der Waals surface area contributed by atoms with E-state index in [-0.39, 0.29) is 11.6 Å². The number of thiophene rings is 1. The number of nitrogens with two attached hydrogens (primary N) is 1. The molecule has 4 nitrogen and oxygen atoms in total. The minimum Gasteiger partial charge on any atom is -0.354 e. The Balaban J connectivity index is 2.34. The number of anilines is 1. The van der Waals surface area contributed by atoms with E-state index in [1.165, 1.54) is 11.3 Å². The fraction of sp³-hybridized carbons (Fsp3) is 0.333. The number of hydrogen-bond donors (Lipinski definition) is 2. The van der Waals surface area contributed by atoms with Crippen LogP contribution in [0.15, 0.2) is 23.6 Å². The summed E-state index contributed by atoms with van der Waals surface area (Å²) in [6, 6.07) is 4.44. The number of nitrogens with zero attached hydrogens (tertiary/aromatic N) is 2. The van der Waals surface area contributed by atoms with Gasteiger partial charge in [-0.05, 0) is 30.5 Å². The van der Waals surface area contributed by atoms with Crippen LogP contribution >= 0.6 is 11.3 Å². The highest BCUT2D eigenvalue weighted by molar-refractivity contribution is 7.13. The van der Waals surface area contributed by atoms with Crippen LogP contribution in [0.3, 0.4) is 0 Å². The lowest BCUT2D eigenvalue weighted by Gasteiger charge is -2.10. The molecule has 2 aromatic rings. The zero-order chi connectivity index (χ0) is 14.6. The van der Waals surface area contributed by atoms with Gasteiger partial charge in [-0.15, -0.1) is 11.3 Å². The molecule has 2 heterocycles. The fourth-order valence-corrected chi connectivity index (χ4v) is 2.21. The van der Waals surface area contributed by atoms with Crippen molar-refractivity contribution in [2.45, 2.75) is 12.6 Å². The third kappa shape index (κ3) is 3.67. The summed E-state index contributed by atoms with van der Waals surface area (Å²) < 4.78 is 38.5. The summed E-state index contributed by atoms with van der Waals surface area (Å²) in [6.07, 6.45) is -3.87. The van der Waals surface area contributed by atoms with E-state index in [0.29, 0.717) is 24.4 Å². The summed E-state index contributed by atoms with van der Waals surface area (Å²) in [6.45, 7) is 0.880. The summed E-state index contributed by atoms with van der Waals surface area (Å²) in [5, 5.41) is 4.55. The van der Waals surface area contributed by atoms with Gasteiger partial charge in [0.2, 0.25) is 5.95 Å². The summed E-state index contributed by atoms with van der Waals surface area (Å²) in [5.41, 5.74) is 4.65. The van der Waals surface area contributed by atoms with Crippen LogP contribution < -0.4 is 11.1 Å². The normalized spacial score (nSPS) is 11.6. The predicted octanol–water partition coefficient (Wildman–Crippen LogP) is 2.98. The molecule has 0 radical (unpaired) electrons. The van der Waals surface area contributed by atoms with Gasteiger partial charge in [-0.3, -0.25) is 0 Å². The van der Waals surface area contributed by atoms with Crippen molar-refractivity contribution in [3.8, 4) is 10.6 Å². The van der Waals surface area contributed by atoms with E-state index in [2.05, 4.69) is 15.3 Å². The molecule has 0 aliphatic rings. The number of aromatic nitrogens is 2. The highest BCUT2D eigenvalue weighted by Crippen LogP contribution is 2.32. The first-order chi connectivity index (χ1) is 9.50. The first-order valence-corrected chi connectivity index (χ1v) is 6.83. The number of rotatable bonds is 5. The SMILES string of the molecule is NCCCNc1nc(-c2cccs2)cc(C(F)(F)F)n1. The van der Waals surface area contributed by atoms with Crippen LogP contribution in [0.25, 0.3) is 10.6 Å².